The maximum Gasteiger partial charge on any atom is 0.250 e. The van der Waals surface area contributed by atoms with Crippen LogP contribution in [-0.4, -0.2) is 34.2 Å². The topological polar surface area (TPSA) is 40.6 Å². The molecule has 2 amide bonds. The highest BCUT2D eigenvalue weighted by Gasteiger charge is 2.43. The fraction of sp³-hybridized carbons (Fsp3) is 0.333. The average Bonchev–Trinajstić information content (AvgIpc) is 3.20. The number of nitrogens with zero attached hydrogens (tertiary/aromatic N) is 2. The van der Waals surface area contributed by atoms with E-state index in [1.54, 1.807) is 4.90 Å². The van der Waals surface area contributed by atoms with E-state index < -0.39 is 6.04 Å². The predicted molar refractivity (Wildman–Crippen MR) is 110 cm³/mol. The SMILES string of the molecule is C=C1c2ccccc2C(N(Cc2ccccc2)C(=O)CC)C(=O)N2CCCC12. The average molecular weight is 374 g/mol. The van der Waals surface area contributed by atoms with Crippen LogP contribution in [0.1, 0.15) is 48.9 Å². The van der Waals surface area contributed by atoms with Gasteiger partial charge in [0.1, 0.15) is 6.04 Å². The summed E-state index contributed by atoms with van der Waals surface area (Å²) in [6.45, 7) is 7.34. The summed E-state index contributed by atoms with van der Waals surface area (Å²) in [5.74, 6) is 0.00611. The molecule has 4 heteroatoms. The van der Waals surface area contributed by atoms with Crippen molar-refractivity contribution in [2.75, 3.05) is 6.54 Å². The molecule has 2 heterocycles. The van der Waals surface area contributed by atoms with Crippen molar-refractivity contribution in [1.82, 2.24) is 9.80 Å². The van der Waals surface area contributed by atoms with Crippen molar-refractivity contribution in [2.24, 2.45) is 0 Å². The van der Waals surface area contributed by atoms with E-state index in [1.807, 2.05) is 66.4 Å². The van der Waals surface area contributed by atoms with Crippen molar-refractivity contribution in [1.29, 1.82) is 0 Å². The van der Waals surface area contributed by atoms with Crippen molar-refractivity contribution in [3.05, 3.63) is 77.9 Å². The van der Waals surface area contributed by atoms with Crippen molar-refractivity contribution in [3.8, 4) is 0 Å². The minimum atomic E-state index is -0.608. The molecule has 0 bridgehead atoms. The van der Waals surface area contributed by atoms with Gasteiger partial charge in [0.15, 0.2) is 0 Å². The third-order valence-electron chi connectivity index (χ3n) is 5.90. The number of carbonyl (C=O) groups excluding carboxylic acids is 2. The lowest BCUT2D eigenvalue weighted by molar-refractivity contribution is -0.146. The molecule has 0 spiro atoms. The summed E-state index contributed by atoms with van der Waals surface area (Å²) in [4.78, 5) is 30.4. The molecule has 2 unspecified atom stereocenters. The molecule has 28 heavy (non-hydrogen) atoms. The molecule has 0 saturated carbocycles. The van der Waals surface area contributed by atoms with Crippen LogP contribution in [-0.2, 0) is 16.1 Å². The Morgan fingerprint density at radius 1 is 1.14 bits per heavy atom. The molecule has 2 aromatic rings. The van der Waals surface area contributed by atoms with E-state index in [4.69, 9.17) is 0 Å². The van der Waals surface area contributed by atoms with E-state index in [-0.39, 0.29) is 17.9 Å². The highest BCUT2D eigenvalue weighted by molar-refractivity contribution is 5.94. The van der Waals surface area contributed by atoms with Gasteiger partial charge in [-0.2, -0.15) is 0 Å². The lowest BCUT2D eigenvalue weighted by atomic mass is 9.92. The summed E-state index contributed by atoms with van der Waals surface area (Å²) in [6, 6.07) is 17.3. The van der Waals surface area contributed by atoms with Crippen LogP contribution in [0.15, 0.2) is 61.2 Å². The Bertz CT molecular complexity index is 906. The number of hydrogen-bond donors (Lipinski definition) is 0. The van der Waals surface area contributed by atoms with Gasteiger partial charge < -0.3 is 9.80 Å². The van der Waals surface area contributed by atoms with E-state index in [1.165, 1.54) is 0 Å². The summed E-state index contributed by atoms with van der Waals surface area (Å²) < 4.78 is 0. The third-order valence-corrected chi connectivity index (χ3v) is 5.90. The molecule has 2 aliphatic heterocycles. The van der Waals surface area contributed by atoms with E-state index >= 15 is 0 Å². The quantitative estimate of drug-likeness (QED) is 0.805. The first kappa shape index (κ1) is 18.5. The number of rotatable bonds is 4. The molecule has 4 rings (SSSR count). The molecule has 1 saturated heterocycles. The molecule has 0 N–H and O–H groups in total. The van der Waals surface area contributed by atoms with Gasteiger partial charge in [-0.25, -0.2) is 0 Å². The van der Waals surface area contributed by atoms with Crippen molar-refractivity contribution in [2.45, 2.75) is 44.8 Å². The van der Waals surface area contributed by atoms with Crippen LogP contribution in [0.3, 0.4) is 0 Å². The van der Waals surface area contributed by atoms with Crippen LogP contribution in [0.2, 0.25) is 0 Å². The van der Waals surface area contributed by atoms with Gasteiger partial charge >= 0.3 is 0 Å². The fourth-order valence-electron chi connectivity index (χ4n) is 4.50. The van der Waals surface area contributed by atoms with Crippen LogP contribution in [0.4, 0.5) is 0 Å². The molecule has 1 fully saturated rings. The standard InChI is InChI=1S/C24H26N2O2/c1-3-22(27)26(16-18-10-5-4-6-11-18)23-20-13-8-7-12-19(20)17(2)21-14-9-15-25(21)24(23)28/h4-8,10-13,21,23H,2-3,9,14-16H2,1H3. The summed E-state index contributed by atoms with van der Waals surface area (Å²) in [5, 5.41) is 0. The minimum Gasteiger partial charge on any atom is -0.334 e. The number of fused-ring (bicyclic) bond motifs is 2. The van der Waals surface area contributed by atoms with E-state index in [9.17, 15) is 9.59 Å². The van der Waals surface area contributed by atoms with Crippen LogP contribution in [0, 0.1) is 0 Å². The van der Waals surface area contributed by atoms with E-state index in [0.717, 1.165) is 41.6 Å². The fourth-order valence-corrected chi connectivity index (χ4v) is 4.50. The Labute approximate surface area is 166 Å². The normalized spacial score (nSPS) is 21.1. The predicted octanol–water partition coefficient (Wildman–Crippen LogP) is 4.18. The van der Waals surface area contributed by atoms with Crippen LogP contribution >= 0.6 is 0 Å². The lowest BCUT2D eigenvalue weighted by Crippen LogP contribution is -2.45. The monoisotopic (exact) mass is 374 g/mol. The van der Waals surface area contributed by atoms with Crippen molar-refractivity contribution in [3.63, 3.8) is 0 Å². The maximum absolute atomic E-state index is 13.7. The molecular formula is C24H26N2O2. The molecule has 0 aliphatic carbocycles. The zero-order valence-corrected chi connectivity index (χ0v) is 16.3. The van der Waals surface area contributed by atoms with Crippen LogP contribution < -0.4 is 0 Å². The number of carbonyl (C=O) groups is 2. The summed E-state index contributed by atoms with van der Waals surface area (Å²) in [5.41, 5.74) is 3.92. The van der Waals surface area contributed by atoms with Crippen LogP contribution in [0.25, 0.3) is 5.57 Å². The smallest absolute Gasteiger partial charge is 0.250 e. The van der Waals surface area contributed by atoms with Gasteiger partial charge in [0.2, 0.25) is 5.91 Å². The third kappa shape index (κ3) is 3.13. The first-order chi connectivity index (χ1) is 13.6. The molecule has 2 atom stereocenters. The van der Waals surface area contributed by atoms with Gasteiger partial charge in [0.25, 0.3) is 5.91 Å². The first-order valence-electron chi connectivity index (χ1n) is 10.0. The zero-order valence-electron chi connectivity index (χ0n) is 16.3. The maximum atomic E-state index is 13.7. The number of amides is 2. The second-order valence-electron chi connectivity index (χ2n) is 7.57. The van der Waals surface area contributed by atoms with Gasteiger partial charge in [0, 0.05) is 19.5 Å². The molecule has 144 valence electrons. The Balaban J connectivity index is 1.83. The molecule has 0 radical (unpaired) electrons. The highest BCUT2D eigenvalue weighted by atomic mass is 16.2. The van der Waals surface area contributed by atoms with Gasteiger partial charge in [-0.15, -0.1) is 0 Å². The molecule has 0 aromatic heterocycles. The van der Waals surface area contributed by atoms with Gasteiger partial charge in [-0.05, 0) is 35.1 Å². The molecule has 2 aliphatic rings. The zero-order chi connectivity index (χ0) is 19.7. The second-order valence-corrected chi connectivity index (χ2v) is 7.57. The van der Waals surface area contributed by atoms with E-state index in [0.29, 0.717) is 13.0 Å². The van der Waals surface area contributed by atoms with Gasteiger partial charge in [-0.1, -0.05) is 68.1 Å². The first-order valence-corrected chi connectivity index (χ1v) is 10.0. The molecule has 2 aromatic carbocycles. The summed E-state index contributed by atoms with van der Waals surface area (Å²) in [6.07, 6.45) is 2.28. The van der Waals surface area contributed by atoms with E-state index in [2.05, 4.69) is 6.58 Å². The summed E-state index contributed by atoms with van der Waals surface area (Å²) >= 11 is 0. The number of benzene rings is 2. The highest BCUT2D eigenvalue weighted by Crippen LogP contribution is 2.41. The second kappa shape index (κ2) is 7.63. The van der Waals surface area contributed by atoms with Gasteiger partial charge in [-0.3, -0.25) is 9.59 Å². The Kier molecular flexibility index (Phi) is 5.03. The van der Waals surface area contributed by atoms with Crippen LogP contribution in [0.5, 0.6) is 0 Å². The largest absolute Gasteiger partial charge is 0.334 e. The van der Waals surface area contributed by atoms with Crippen molar-refractivity contribution < 1.29 is 9.59 Å². The lowest BCUT2D eigenvalue weighted by Gasteiger charge is -2.33. The Morgan fingerprint density at radius 3 is 2.61 bits per heavy atom. The Morgan fingerprint density at radius 2 is 1.86 bits per heavy atom. The Hall–Kier alpha value is -2.88. The molecule has 4 nitrogen and oxygen atoms in total. The van der Waals surface area contributed by atoms with Crippen molar-refractivity contribution >= 4 is 17.4 Å². The number of hydrogen-bond acceptors (Lipinski definition) is 2. The molecular weight excluding hydrogens is 348 g/mol. The summed E-state index contributed by atoms with van der Waals surface area (Å²) in [7, 11) is 0. The van der Waals surface area contributed by atoms with Gasteiger partial charge in [0.05, 0.1) is 6.04 Å². The minimum absolute atomic E-state index is 0.0136.